The summed E-state index contributed by atoms with van der Waals surface area (Å²) in [5.74, 6) is 0.779. The molecule has 18 heavy (non-hydrogen) atoms. The van der Waals surface area contributed by atoms with Gasteiger partial charge in [-0.1, -0.05) is 33.6 Å². The van der Waals surface area contributed by atoms with Crippen LogP contribution in [-0.4, -0.2) is 43.0 Å². The Hall–Kier alpha value is -0.730. The van der Waals surface area contributed by atoms with Crippen LogP contribution in [0, 0.1) is 11.3 Å². The third kappa shape index (κ3) is 4.51. The van der Waals surface area contributed by atoms with Crippen LogP contribution in [0.25, 0.3) is 0 Å². The van der Waals surface area contributed by atoms with E-state index in [-0.39, 0.29) is 6.03 Å². The van der Waals surface area contributed by atoms with Crippen LogP contribution >= 0.6 is 0 Å². The number of carbonyl (C=O) groups excluding carboxylic acids is 1. The summed E-state index contributed by atoms with van der Waals surface area (Å²) in [4.78, 5) is 15.6. The first-order valence-corrected chi connectivity index (χ1v) is 7.15. The first kappa shape index (κ1) is 15.3. The predicted molar refractivity (Wildman–Crippen MR) is 76.7 cm³/mol. The Bertz CT molecular complexity index is 281. The van der Waals surface area contributed by atoms with E-state index in [1.807, 2.05) is 26.0 Å². The van der Waals surface area contributed by atoms with Gasteiger partial charge in [0.1, 0.15) is 0 Å². The van der Waals surface area contributed by atoms with Crippen molar-refractivity contribution in [2.75, 3.05) is 21.1 Å². The van der Waals surface area contributed by atoms with Crippen molar-refractivity contribution < 1.29 is 4.79 Å². The van der Waals surface area contributed by atoms with Crippen LogP contribution < -0.4 is 0 Å². The maximum Gasteiger partial charge on any atom is 0.319 e. The van der Waals surface area contributed by atoms with Crippen molar-refractivity contribution >= 4 is 6.03 Å². The maximum absolute atomic E-state index is 12.0. The van der Waals surface area contributed by atoms with Gasteiger partial charge in [0.05, 0.1) is 0 Å². The van der Waals surface area contributed by atoms with Gasteiger partial charge in [-0.15, -0.1) is 0 Å². The summed E-state index contributed by atoms with van der Waals surface area (Å²) in [7, 11) is 5.61. The zero-order chi connectivity index (χ0) is 13.9. The lowest BCUT2D eigenvalue weighted by molar-refractivity contribution is 0.125. The average molecular weight is 254 g/mol. The molecule has 1 fully saturated rings. The van der Waals surface area contributed by atoms with E-state index < -0.39 is 0 Å². The van der Waals surface area contributed by atoms with E-state index in [1.165, 1.54) is 25.7 Å². The van der Waals surface area contributed by atoms with Gasteiger partial charge < -0.3 is 9.80 Å². The van der Waals surface area contributed by atoms with Crippen molar-refractivity contribution in [1.29, 1.82) is 0 Å². The molecule has 0 aromatic heterocycles. The molecule has 0 aliphatic heterocycles. The second kappa shape index (κ2) is 5.94. The van der Waals surface area contributed by atoms with Gasteiger partial charge in [0, 0.05) is 27.2 Å². The summed E-state index contributed by atoms with van der Waals surface area (Å²) < 4.78 is 0. The van der Waals surface area contributed by atoms with Gasteiger partial charge in [0.15, 0.2) is 0 Å². The molecule has 1 rings (SSSR count). The number of amides is 2. The smallest absolute Gasteiger partial charge is 0.319 e. The molecular formula is C15H30N2O. The summed E-state index contributed by atoms with van der Waals surface area (Å²) >= 11 is 0. The third-order valence-electron chi connectivity index (χ3n) is 3.89. The van der Waals surface area contributed by atoms with Gasteiger partial charge in [-0.2, -0.15) is 0 Å². The highest BCUT2D eigenvalue weighted by Gasteiger charge is 2.30. The molecule has 2 unspecified atom stereocenters. The summed E-state index contributed by atoms with van der Waals surface area (Å²) in [6.07, 6.45) is 6.20. The maximum atomic E-state index is 12.0. The summed E-state index contributed by atoms with van der Waals surface area (Å²) in [6, 6.07) is 0.567. The highest BCUT2D eigenvalue weighted by molar-refractivity contribution is 5.73. The van der Waals surface area contributed by atoms with Crippen molar-refractivity contribution in [3.8, 4) is 0 Å². The van der Waals surface area contributed by atoms with E-state index in [9.17, 15) is 4.79 Å². The van der Waals surface area contributed by atoms with Gasteiger partial charge in [0.2, 0.25) is 0 Å². The number of hydrogen-bond acceptors (Lipinski definition) is 1. The number of rotatable bonds is 2. The van der Waals surface area contributed by atoms with Crippen molar-refractivity contribution in [1.82, 2.24) is 9.80 Å². The minimum atomic E-state index is 0.136. The van der Waals surface area contributed by atoms with Crippen LogP contribution in [0.1, 0.15) is 52.9 Å². The van der Waals surface area contributed by atoms with E-state index in [2.05, 4.69) is 20.8 Å². The SMILES string of the molecule is CN(C)C(=O)N(C)C1CCCC(CC(C)(C)C)C1. The average Bonchev–Trinajstić information content (AvgIpc) is 2.25. The third-order valence-corrected chi connectivity index (χ3v) is 3.89. The molecule has 0 spiro atoms. The van der Waals surface area contributed by atoms with E-state index >= 15 is 0 Å². The van der Waals surface area contributed by atoms with Crippen molar-refractivity contribution in [2.24, 2.45) is 11.3 Å². The minimum absolute atomic E-state index is 0.136. The van der Waals surface area contributed by atoms with E-state index in [4.69, 9.17) is 0 Å². The number of hydrogen-bond donors (Lipinski definition) is 0. The fourth-order valence-electron chi connectivity index (χ4n) is 3.14. The summed E-state index contributed by atoms with van der Waals surface area (Å²) in [6.45, 7) is 6.93. The zero-order valence-electron chi connectivity index (χ0n) is 13.0. The molecule has 3 heteroatoms. The molecule has 1 aliphatic carbocycles. The molecule has 0 aromatic carbocycles. The quantitative estimate of drug-likeness (QED) is 0.738. The monoisotopic (exact) mass is 254 g/mol. The molecule has 0 N–H and O–H groups in total. The molecule has 0 saturated heterocycles. The van der Waals surface area contributed by atoms with Crippen molar-refractivity contribution in [2.45, 2.75) is 58.9 Å². The molecule has 0 heterocycles. The molecule has 1 aliphatic rings. The number of nitrogens with zero attached hydrogens (tertiary/aromatic N) is 2. The van der Waals surface area contributed by atoms with E-state index in [0.717, 1.165) is 12.3 Å². The van der Waals surface area contributed by atoms with E-state index in [0.29, 0.717) is 11.5 Å². The molecule has 0 aromatic rings. The Balaban J connectivity index is 2.56. The molecular weight excluding hydrogens is 224 g/mol. The molecule has 2 amide bonds. The van der Waals surface area contributed by atoms with Crippen LogP contribution in [-0.2, 0) is 0 Å². The van der Waals surface area contributed by atoms with Crippen LogP contribution in [0.3, 0.4) is 0 Å². The van der Waals surface area contributed by atoms with Crippen molar-refractivity contribution in [3.05, 3.63) is 0 Å². The van der Waals surface area contributed by atoms with Gasteiger partial charge >= 0.3 is 6.03 Å². The summed E-state index contributed by atoms with van der Waals surface area (Å²) in [5, 5.41) is 0. The lowest BCUT2D eigenvalue weighted by Crippen LogP contribution is -2.45. The van der Waals surface area contributed by atoms with Gasteiger partial charge in [-0.25, -0.2) is 4.79 Å². The van der Waals surface area contributed by atoms with Crippen LogP contribution in [0.4, 0.5) is 4.79 Å². The highest BCUT2D eigenvalue weighted by Crippen LogP contribution is 2.35. The normalized spacial score (nSPS) is 24.8. The Labute approximate surface area is 113 Å². The second-order valence-corrected chi connectivity index (χ2v) is 7.24. The largest absolute Gasteiger partial charge is 0.331 e. The lowest BCUT2D eigenvalue weighted by Gasteiger charge is -2.38. The molecule has 0 radical (unpaired) electrons. The molecule has 0 bridgehead atoms. The number of urea groups is 1. The highest BCUT2D eigenvalue weighted by atomic mass is 16.2. The Morgan fingerprint density at radius 2 is 1.78 bits per heavy atom. The zero-order valence-corrected chi connectivity index (χ0v) is 13.0. The fraction of sp³-hybridized carbons (Fsp3) is 0.933. The standard InChI is InChI=1S/C15H30N2O/c1-15(2,3)11-12-8-7-9-13(10-12)17(6)14(18)16(4)5/h12-13H,7-11H2,1-6H3. The Morgan fingerprint density at radius 3 is 2.28 bits per heavy atom. The number of carbonyl (C=O) groups is 1. The topological polar surface area (TPSA) is 23.6 Å². The summed E-state index contributed by atoms with van der Waals surface area (Å²) in [5.41, 5.74) is 0.399. The molecule has 2 atom stereocenters. The minimum Gasteiger partial charge on any atom is -0.331 e. The van der Waals surface area contributed by atoms with Crippen LogP contribution in [0.5, 0.6) is 0 Å². The molecule has 106 valence electrons. The predicted octanol–water partition coefficient (Wildman–Crippen LogP) is 3.59. The second-order valence-electron chi connectivity index (χ2n) is 7.24. The lowest BCUT2D eigenvalue weighted by atomic mass is 9.76. The molecule has 3 nitrogen and oxygen atoms in total. The van der Waals surface area contributed by atoms with E-state index in [1.54, 1.807) is 4.90 Å². The van der Waals surface area contributed by atoms with Gasteiger partial charge in [-0.05, 0) is 30.6 Å². The molecule has 1 saturated carbocycles. The first-order valence-electron chi connectivity index (χ1n) is 7.15. The Kier molecular flexibility index (Phi) is 5.06. The van der Waals surface area contributed by atoms with Crippen LogP contribution in [0.2, 0.25) is 0 Å². The fourth-order valence-corrected chi connectivity index (χ4v) is 3.14. The van der Waals surface area contributed by atoms with Gasteiger partial charge in [0.25, 0.3) is 0 Å². The van der Waals surface area contributed by atoms with Crippen LogP contribution in [0.15, 0.2) is 0 Å². The van der Waals surface area contributed by atoms with Gasteiger partial charge in [-0.3, -0.25) is 0 Å². The van der Waals surface area contributed by atoms with Crippen molar-refractivity contribution in [3.63, 3.8) is 0 Å². The Morgan fingerprint density at radius 1 is 1.17 bits per heavy atom. The first-order chi connectivity index (χ1) is 8.20.